The van der Waals surface area contributed by atoms with Crippen LogP contribution >= 0.6 is 27.7 Å². The van der Waals surface area contributed by atoms with E-state index in [-0.39, 0.29) is 12.1 Å². The molecule has 2 aliphatic heterocycles. The van der Waals surface area contributed by atoms with Gasteiger partial charge in [0.1, 0.15) is 6.17 Å². The zero-order valence-corrected chi connectivity index (χ0v) is 16.3. The summed E-state index contributed by atoms with van der Waals surface area (Å²) in [6.07, 6.45) is 1.55. The molecule has 26 heavy (non-hydrogen) atoms. The molecule has 2 aromatic rings. The minimum atomic E-state index is -0.468. The molecule has 0 spiro atoms. The molecule has 2 heterocycles. The van der Waals surface area contributed by atoms with Crippen LogP contribution in [0.3, 0.4) is 0 Å². The van der Waals surface area contributed by atoms with E-state index in [1.807, 2.05) is 53.5 Å². The molecule has 0 unspecified atom stereocenters. The molecule has 0 bridgehead atoms. The number of para-hydroxylation sites is 1. The molecule has 0 aliphatic carbocycles. The lowest BCUT2D eigenvalue weighted by atomic mass is 9.97. The quantitative estimate of drug-likeness (QED) is 0.717. The van der Waals surface area contributed by atoms with E-state index < -0.39 is 6.04 Å². The molecule has 132 valence electrons. The third-order valence-corrected chi connectivity index (χ3v) is 5.62. The molecule has 0 saturated carbocycles. The van der Waals surface area contributed by atoms with E-state index in [1.54, 1.807) is 6.08 Å². The second kappa shape index (κ2) is 7.17. The number of rotatable bonds is 3. The maximum atomic E-state index is 12.9. The number of amidine groups is 1. The zero-order valence-electron chi connectivity index (χ0n) is 13.9. The highest BCUT2D eigenvalue weighted by Gasteiger charge is 2.41. The number of hydrogen-bond donors (Lipinski definition) is 2. The van der Waals surface area contributed by atoms with Crippen molar-refractivity contribution in [3.05, 3.63) is 76.8 Å². The van der Waals surface area contributed by atoms with Gasteiger partial charge in [0.15, 0.2) is 11.2 Å². The standard InChI is InChI=1S/C19H17BrN4OS/c1-2-10-26-19-22-18(25)16-14-8-3-4-9-15(14)21-17(24(16)23-19)12-6-5-7-13(20)11-12/h2-9,11,16-17,21H,1,10H2,(H,22,23,25)/t16-,17-/m1/s1. The van der Waals surface area contributed by atoms with E-state index in [0.29, 0.717) is 10.9 Å². The summed E-state index contributed by atoms with van der Waals surface area (Å²) in [4.78, 5) is 12.9. The highest BCUT2D eigenvalue weighted by Crippen LogP contribution is 2.42. The van der Waals surface area contributed by atoms with Gasteiger partial charge in [0.2, 0.25) is 0 Å². The third-order valence-electron chi connectivity index (χ3n) is 4.26. The molecule has 0 saturated heterocycles. The van der Waals surface area contributed by atoms with E-state index >= 15 is 0 Å². The maximum absolute atomic E-state index is 12.9. The topological polar surface area (TPSA) is 56.7 Å². The van der Waals surface area contributed by atoms with Gasteiger partial charge in [0.05, 0.1) is 0 Å². The van der Waals surface area contributed by atoms with Crippen molar-refractivity contribution in [2.24, 2.45) is 5.10 Å². The average Bonchev–Trinajstić information content (AvgIpc) is 2.65. The summed E-state index contributed by atoms with van der Waals surface area (Å²) in [6.45, 7) is 3.73. The molecule has 2 N–H and O–H groups in total. The zero-order chi connectivity index (χ0) is 18.1. The Morgan fingerprint density at radius 3 is 2.92 bits per heavy atom. The lowest BCUT2D eigenvalue weighted by Crippen LogP contribution is -2.50. The first kappa shape index (κ1) is 17.2. The number of amides is 1. The van der Waals surface area contributed by atoms with Crippen LogP contribution in [0.5, 0.6) is 0 Å². The van der Waals surface area contributed by atoms with Crippen molar-refractivity contribution in [1.82, 2.24) is 10.3 Å². The Balaban J connectivity index is 1.81. The summed E-state index contributed by atoms with van der Waals surface area (Å²) in [5, 5.41) is 13.6. The van der Waals surface area contributed by atoms with Gasteiger partial charge < -0.3 is 10.6 Å². The number of benzene rings is 2. The van der Waals surface area contributed by atoms with E-state index in [1.165, 1.54) is 11.8 Å². The first-order chi connectivity index (χ1) is 12.7. The van der Waals surface area contributed by atoms with E-state index in [4.69, 9.17) is 5.10 Å². The lowest BCUT2D eigenvalue weighted by molar-refractivity contribution is -0.127. The Labute approximate surface area is 164 Å². The van der Waals surface area contributed by atoms with Gasteiger partial charge in [-0.2, -0.15) is 0 Å². The molecule has 2 atom stereocenters. The first-order valence-electron chi connectivity index (χ1n) is 8.20. The highest BCUT2D eigenvalue weighted by atomic mass is 79.9. The summed E-state index contributed by atoms with van der Waals surface area (Å²) in [5.41, 5.74) is 2.91. The van der Waals surface area contributed by atoms with Crippen molar-refractivity contribution in [2.75, 3.05) is 11.1 Å². The Kier molecular flexibility index (Phi) is 4.74. The lowest BCUT2D eigenvalue weighted by Gasteiger charge is -2.43. The van der Waals surface area contributed by atoms with Crippen molar-refractivity contribution in [3.63, 3.8) is 0 Å². The molecule has 0 aromatic heterocycles. The number of nitrogens with zero attached hydrogens (tertiary/aromatic N) is 2. The minimum Gasteiger partial charge on any atom is -0.360 e. The summed E-state index contributed by atoms with van der Waals surface area (Å²) in [7, 11) is 0. The molecule has 5 nitrogen and oxygen atoms in total. The minimum absolute atomic E-state index is 0.0690. The van der Waals surface area contributed by atoms with Gasteiger partial charge in [-0.1, -0.05) is 64.1 Å². The number of nitrogens with one attached hydrogen (secondary N) is 2. The molecule has 7 heteroatoms. The smallest absolute Gasteiger partial charge is 0.255 e. The van der Waals surface area contributed by atoms with Crippen LogP contribution in [0.15, 0.2) is 70.8 Å². The molecule has 4 rings (SSSR count). The van der Waals surface area contributed by atoms with Crippen molar-refractivity contribution in [1.29, 1.82) is 0 Å². The molecule has 0 fully saturated rings. The molecule has 2 aliphatic rings. The van der Waals surface area contributed by atoms with Gasteiger partial charge in [0.25, 0.3) is 5.91 Å². The van der Waals surface area contributed by atoms with Gasteiger partial charge in [-0.3, -0.25) is 9.80 Å². The van der Waals surface area contributed by atoms with Crippen LogP contribution in [-0.2, 0) is 4.79 Å². The molecule has 2 aromatic carbocycles. The van der Waals surface area contributed by atoms with Gasteiger partial charge >= 0.3 is 0 Å². The number of carbonyl (C=O) groups excluding carboxylic acids is 1. The fraction of sp³-hybridized carbons (Fsp3) is 0.158. The predicted octanol–water partition coefficient (Wildman–Crippen LogP) is 4.24. The van der Waals surface area contributed by atoms with E-state index in [2.05, 4.69) is 33.1 Å². The second-order valence-corrected chi connectivity index (χ2v) is 7.89. The SMILES string of the molecule is C=CCSC1=NN2[C@H](c3cccc(Br)c3)Nc3ccccc3[C@@H]2C(=O)N1. The Bertz CT molecular complexity index is 901. The number of hydrazone groups is 1. The summed E-state index contributed by atoms with van der Waals surface area (Å²) < 4.78 is 0.985. The van der Waals surface area contributed by atoms with Gasteiger partial charge in [-0.15, -0.1) is 11.7 Å². The predicted molar refractivity (Wildman–Crippen MR) is 110 cm³/mol. The normalized spacial score (nSPS) is 21.0. The molecule has 0 radical (unpaired) electrons. The Hall–Kier alpha value is -2.25. The van der Waals surface area contributed by atoms with Gasteiger partial charge in [-0.05, 0) is 23.8 Å². The van der Waals surface area contributed by atoms with Crippen molar-refractivity contribution >= 4 is 44.5 Å². The van der Waals surface area contributed by atoms with Gasteiger partial charge in [-0.25, -0.2) is 0 Å². The Morgan fingerprint density at radius 2 is 2.12 bits per heavy atom. The van der Waals surface area contributed by atoms with Crippen LogP contribution in [-0.4, -0.2) is 21.8 Å². The molecule has 1 amide bonds. The number of hydrogen-bond acceptors (Lipinski definition) is 5. The fourth-order valence-corrected chi connectivity index (χ4v) is 4.19. The van der Waals surface area contributed by atoms with Crippen LogP contribution in [0.2, 0.25) is 0 Å². The van der Waals surface area contributed by atoms with Gasteiger partial charge in [0, 0.05) is 21.5 Å². The van der Waals surface area contributed by atoms with E-state index in [9.17, 15) is 4.79 Å². The van der Waals surface area contributed by atoms with Crippen LogP contribution in [0.1, 0.15) is 23.3 Å². The largest absolute Gasteiger partial charge is 0.360 e. The average molecular weight is 429 g/mol. The van der Waals surface area contributed by atoms with Crippen LogP contribution < -0.4 is 10.6 Å². The number of thioether (sulfide) groups is 1. The molecular formula is C19H17BrN4OS. The van der Waals surface area contributed by atoms with Crippen LogP contribution in [0.4, 0.5) is 5.69 Å². The maximum Gasteiger partial charge on any atom is 0.255 e. The van der Waals surface area contributed by atoms with Crippen molar-refractivity contribution in [3.8, 4) is 0 Å². The van der Waals surface area contributed by atoms with E-state index in [0.717, 1.165) is 21.3 Å². The third kappa shape index (κ3) is 3.12. The monoisotopic (exact) mass is 428 g/mol. The summed E-state index contributed by atoms with van der Waals surface area (Å²) in [6, 6.07) is 15.4. The van der Waals surface area contributed by atoms with Crippen LogP contribution in [0.25, 0.3) is 0 Å². The number of fused-ring (bicyclic) bond motifs is 3. The van der Waals surface area contributed by atoms with Crippen molar-refractivity contribution in [2.45, 2.75) is 12.2 Å². The van der Waals surface area contributed by atoms with Crippen LogP contribution in [0, 0.1) is 0 Å². The first-order valence-corrected chi connectivity index (χ1v) is 9.97. The second-order valence-electron chi connectivity index (χ2n) is 5.97. The Morgan fingerprint density at radius 1 is 1.27 bits per heavy atom. The van der Waals surface area contributed by atoms with Crippen molar-refractivity contribution < 1.29 is 4.79 Å². The fourth-order valence-electron chi connectivity index (χ4n) is 3.17. The number of halogens is 1. The highest BCUT2D eigenvalue weighted by molar-refractivity contribution is 9.10. The molecular weight excluding hydrogens is 412 g/mol. The summed E-state index contributed by atoms with van der Waals surface area (Å²) in [5.74, 6) is 0.615. The number of carbonyl (C=O) groups is 1. The number of anilines is 1. The summed E-state index contributed by atoms with van der Waals surface area (Å²) >= 11 is 4.99.